The lowest BCUT2D eigenvalue weighted by molar-refractivity contribution is -0.00404. The third kappa shape index (κ3) is 3.61. The summed E-state index contributed by atoms with van der Waals surface area (Å²) in [7, 11) is 2.00. The van der Waals surface area contributed by atoms with E-state index in [1.54, 1.807) is 0 Å². The molecule has 25 heavy (non-hydrogen) atoms. The van der Waals surface area contributed by atoms with Crippen LogP contribution in [0.4, 0.5) is 0 Å². The molecule has 2 aromatic rings. The van der Waals surface area contributed by atoms with E-state index in [0.717, 1.165) is 43.0 Å². The number of halogens is 1. The second kappa shape index (κ2) is 7.23. The van der Waals surface area contributed by atoms with Crippen molar-refractivity contribution in [1.82, 2.24) is 14.9 Å². The van der Waals surface area contributed by atoms with Crippen molar-refractivity contribution >= 4 is 11.6 Å². The molecule has 2 aliphatic heterocycles. The summed E-state index contributed by atoms with van der Waals surface area (Å²) in [6.07, 6.45) is 5.70. The first kappa shape index (κ1) is 16.7. The average Bonchev–Trinajstić information content (AvgIpc) is 3.06. The molecular weight excluding hydrogens is 342 g/mol. The molecule has 2 atom stereocenters. The van der Waals surface area contributed by atoms with Gasteiger partial charge in [-0.15, -0.1) is 0 Å². The molecule has 1 aromatic carbocycles. The minimum Gasteiger partial charge on any atom is -0.486 e. The number of nitrogens with zero attached hydrogens (tertiary/aromatic N) is 2. The van der Waals surface area contributed by atoms with E-state index in [0.29, 0.717) is 30.0 Å². The molecule has 0 radical (unpaired) electrons. The van der Waals surface area contributed by atoms with Gasteiger partial charge in [-0.05, 0) is 30.5 Å². The van der Waals surface area contributed by atoms with Crippen LogP contribution >= 0.6 is 11.6 Å². The number of hydrogen-bond donors (Lipinski definition) is 1. The van der Waals surface area contributed by atoms with Gasteiger partial charge in [-0.1, -0.05) is 11.6 Å². The van der Waals surface area contributed by atoms with Crippen molar-refractivity contribution in [2.24, 2.45) is 7.05 Å². The zero-order valence-electron chi connectivity index (χ0n) is 14.2. The lowest BCUT2D eigenvalue weighted by atomic mass is 10.0. The van der Waals surface area contributed by atoms with E-state index in [1.807, 2.05) is 36.3 Å². The summed E-state index contributed by atoms with van der Waals surface area (Å²) in [4.78, 5) is 4.19. The predicted molar refractivity (Wildman–Crippen MR) is 94.2 cm³/mol. The second-order valence-electron chi connectivity index (χ2n) is 6.49. The summed E-state index contributed by atoms with van der Waals surface area (Å²) in [5.74, 6) is 1.38. The fraction of sp³-hybridized carbons (Fsp3) is 0.500. The van der Waals surface area contributed by atoms with Crippen LogP contribution in [0.3, 0.4) is 0 Å². The Hall–Kier alpha value is -1.76. The smallest absolute Gasteiger partial charge is 0.179 e. The average molecular weight is 364 g/mol. The lowest BCUT2D eigenvalue weighted by Gasteiger charge is -2.30. The molecule has 0 aliphatic carbocycles. The molecule has 3 heterocycles. The van der Waals surface area contributed by atoms with E-state index in [4.69, 9.17) is 25.8 Å². The van der Waals surface area contributed by atoms with Gasteiger partial charge in [-0.2, -0.15) is 0 Å². The third-order valence-corrected chi connectivity index (χ3v) is 5.00. The summed E-state index contributed by atoms with van der Waals surface area (Å²) in [6, 6.07) is 4.34. The molecule has 0 saturated carbocycles. The van der Waals surface area contributed by atoms with Gasteiger partial charge >= 0.3 is 0 Å². The number of benzene rings is 1. The van der Waals surface area contributed by atoms with Crippen LogP contribution in [0.15, 0.2) is 24.7 Å². The van der Waals surface area contributed by atoms with Gasteiger partial charge in [0.15, 0.2) is 11.5 Å². The van der Waals surface area contributed by atoms with E-state index in [2.05, 4.69) is 10.3 Å². The Morgan fingerprint density at radius 3 is 3.00 bits per heavy atom. The fourth-order valence-electron chi connectivity index (χ4n) is 3.39. The first-order chi connectivity index (χ1) is 12.2. The highest BCUT2D eigenvalue weighted by molar-refractivity contribution is 6.32. The van der Waals surface area contributed by atoms with Crippen molar-refractivity contribution in [3.8, 4) is 11.5 Å². The van der Waals surface area contributed by atoms with Gasteiger partial charge in [-0.3, -0.25) is 0 Å². The van der Waals surface area contributed by atoms with Crippen molar-refractivity contribution in [2.45, 2.75) is 31.5 Å². The number of nitrogens with one attached hydrogen (secondary N) is 1. The van der Waals surface area contributed by atoms with E-state index in [9.17, 15) is 0 Å². The lowest BCUT2D eigenvalue weighted by Crippen LogP contribution is -2.36. The molecule has 1 aromatic heterocycles. The maximum atomic E-state index is 6.31. The Bertz CT molecular complexity index is 749. The number of imidazole rings is 1. The molecule has 6 nitrogen and oxygen atoms in total. The Morgan fingerprint density at radius 1 is 1.28 bits per heavy atom. The Kier molecular flexibility index (Phi) is 4.83. The van der Waals surface area contributed by atoms with Crippen molar-refractivity contribution < 1.29 is 14.2 Å². The molecule has 0 amide bonds. The van der Waals surface area contributed by atoms with Crippen LogP contribution in [0.1, 0.15) is 30.2 Å². The van der Waals surface area contributed by atoms with Gasteiger partial charge in [0.1, 0.15) is 19.3 Å². The highest BCUT2D eigenvalue weighted by Crippen LogP contribution is 2.38. The van der Waals surface area contributed by atoms with E-state index < -0.39 is 0 Å². The van der Waals surface area contributed by atoms with Gasteiger partial charge in [0.25, 0.3) is 0 Å². The first-order valence-electron chi connectivity index (χ1n) is 8.60. The number of ether oxygens (including phenoxy) is 3. The number of fused-ring (bicyclic) bond motifs is 1. The topological polar surface area (TPSA) is 57.5 Å². The zero-order valence-corrected chi connectivity index (χ0v) is 15.0. The summed E-state index contributed by atoms with van der Waals surface area (Å²) < 4.78 is 19.2. The maximum absolute atomic E-state index is 6.31. The zero-order chi connectivity index (χ0) is 17.2. The molecule has 0 unspecified atom stereocenters. The highest BCUT2D eigenvalue weighted by atomic mass is 35.5. The largest absolute Gasteiger partial charge is 0.486 e. The fourth-order valence-corrected chi connectivity index (χ4v) is 3.68. The third-order valence-electron chi connectivity index (χ3n) is 4.72. The molecule has 0 bridgehead atoms. The number of aryl methyl sites for hydroxylation is 1. The maximum Gasteiger partial charge on any atom is 0.179 e. The van der Waals surface area contributed by atoms with Gasteiger partial charge < -0.3 is 24.1 Å². The minimum absolute atomic E-state index is 0.0857. The Morgan fingerprint density at radius 2 is 2.16 bits per heavy atom. The van der Waals surface area contributed by atoms with Crippen LogP contribution in [-0.4, -0.2) is 35.4 Å². The summed E-state index contributed by atoms with van der Waals surface area (Å²) in [6.45, 7) is 2.59. The molecule has 1 fully saturated rings. The normalized spacial score (nSPS) is 22.8. The Labute approximate surface area is 152 Å². The number of aromatic nitrogens is 2. The van der Waals surface area contributed by atoms with Crippen molar-refractivity contribution in [3.63, 3.8) is 0 Å². The minimum atomic E-state index is 0.0857. The molecule has 1 N–H and O–H groups in total. The molecule has 1 saturated heterocycles. The SMILES string of the molecule is Cn1cncc1[C@@H]1C[C@H](NCc2cc(Cl)c3c(c2)OCCO3)CCO1. The van der Waals surface area contributed by atoms with E-state index in [1.165, 1.54) is 0 Å². The van der Waals surface area contributed by atoms with Crippen molar-refractivity contribution in [1.29, 1.82) is 0 Å². The van der Waals surface area contributed by atoms with Crippen molar-refractivity contribution in [2.75, 3.05) is 19.8 Å². The number of rotatable bonds is 4. The molecule has 2 aliphatic rings. The number of hydrogen-bond acceptors (Lipinski definition) is 5. The highest BCUT2D eigenvalue weighted by Gasteiger charge is 2.25. The monoisotopic (exact) mass is 363 g/mol. The molecule has 4 rings (SSSR count). The predicted octanol–water partition coefficient (Wildman–Crippen LogP) is 2.85. The molecular formula is C18H22ClN3O3. The van der Waals surface area contributed by atoms with Gasteiger partial charge in [0.05, 0.1) is 23.2 Å². The summed E-state index contributed by atoms with van der Waals surface area (Å²) in [5, 5.41) is 4.22. The van der Waals surface area contributed by atoms with Crippen LogP contribution in [0, 0.1) is 0 Å². The van der Waals surface area contributed by atoms with Crippen LogP contribution < -0.4 is 14.8 Å². The molecule has 7 heteroatoms. The Balaban J connectivity index is 1.40. The van der Waals surface area contributed by atoms with Gasteiger partial charge in [0, 0.05) is 26.2 Å². The second-order valence-corrected chi connectivity index (χ2v) is 6.90. The van der Waals surface area contributed by atoms with Crippen LogP contribution in [0.2, 0.25) is 5.02 Å². The van der Waals surface area contributed by atoms with Crippen LogP contribution in [-0.2, 0) is 18.3 Å². The molecule has 0 spiro atoms. The summed E-state index contributed by atoms with van der Waals surface area (Å²) in [5.41, 5.74) is 2.21. The standard InChI is InChI=1S/C18H22ClN3O3/c1-22-11-20-10-15(22)16-8-13(2-3-23-16)21-9-12-6-14(19)18-17(7-12)24-4-5-25-18/h6-7,10-11,13,16,21H,2-5,8-9H2,1H3/t13-,16+/m1/s1. The first-order valence-corrected chi connectivity index (χ1v) is 8.97. The molecule has 134 valence electrons. The quantitative estimate of drug-likeness (QED) is 0.905. The van der Waals surface area contributed by atoms with Crippen LogP contribution in [0.25, 0.3) is 0 Å². The van der Waals surface area contributed by atoms with Gasteiger partial charge in [0.2, 0.25) is 0 Å². The summed E-state index contributed by atoms with van der Waals surface area (Å²) >= 11 is 6.31. The van der Waals surface area contributed by atoms with Crippen molar-refractivity contribution in [3.05, 3.63) is 40.9 Å². The van der Waals surface area contributed by atoms with Gasteiger partial charge in [-0.25, -0.2) is 4.98 Å². The van der Waals surface area contributed by atoms with E-state index >= 15 is 0 Å². The van der Waals surface area contributed by atoms with Crippen LogP contribution in [0.5, 0.6) is 11.5 Å². The van der Waals surface area contributed by atoms with E-state index in [-0.39, 0.29) is 6.10 Å².